The van der Waals surface area contributed by atoms with Gasteiger partial charge in [-0.05, 0) is 36.6 Å². The first kappa shape index (κ1) is 9.72. The Labute approximate surface area is 92.5 Å². The van der Waals surface area contributed by atoms with E-state index in [9.17, 15) is 0 Å². The molecule has 1 heterocycles. The third-order valence-corrected chi connectivity index (χ3v) is 4.96. The molecule has 1 saturated carbocycles. The van der Waals surface area contributed by atoms with Crippen molar-refractivity contribution in [3.05, 3.63) is 22.4 Å². The fourth-order valence-corrected chi connectivity index (χ4v) is 3.65. The fraction of sp³-hybridized carbons (Fsp3) is 0.636. The van der Waals surface area contributed by atoms with E-state index in [4.69, 9.17) is 0 Å². The molecular formula is C11H15BrS. The first-order valence-electron chi connectivity index (χ1n) is 5.03. The van der Waals surface area contributed by atoms with Crippen molar-refractivity contribution in [1.29, 1.82) is 0 Å². The highest BCUT2D eigenvalue weighted by atomic mass is 79.9. The molecule has 1 aromatic rings. The maximum atomic E-state index is 3.81. The van der Waals surface area contributed by atoms with Gasteiger partial charge in [0.15, 0.2) is 0 Å². The minimum atomic E-state index is 0.767. The van der Waals surface area contributed by atoms with E-state index >= 15 is 0 Å². The molecule has 0 aliphatic heterocycles. The molecule has 0 saturated heterocycles. The molecule has 13 heavy (non-hydrogen) atoms. The molecule has 1 fully saturated rings. The van der Waals surface area contributed by atoms with E-state index in [-0.39, 0.29) is 0 Å². The Morgan fingerprint density at radius 2 is 2.23 bits per heavy atom. The second-order valence-electron chi connectivity index (χ2n) is 3.84. The molecule has 1 aliphatic carbocycles. The summed E-state index contributed by atoms with van der Waals surface area (Å²) < 4.78 is 0. The van der Waals surface area contributed by atoms with Crippen LogP contribution in [0.2, 0.25) is 0 Å². The van der Waals surface area contributed by atoms with Crippen LogP contribution in [0.3, 0.4) is 0 Å². The molecule has 0 nitrogen and oxygen atoms in total. The molecule has 2 atom stereocenters. The minimum Gasteiger partial charge on any atom is -0.149 e. The summed E-state index contributed by atoms with van der Waals surface area (Å²) in [4.78, 5) is 2.32. The van der Waals surface area contributed by atoms with Crippen LogP contribution in [0.1, 0.15) is 30.6 Å². The molecule has 0 amide bonds. The van der Waals surface area contributed by atoms with Crippen LogP contribution in [0.5, 0.6) is 0 Å². The number of thiophene rings is 1. The molecule has 2 unspecified atom stereocenters. The predicted octanol–water partition coefficient (Wildman–Crippen LogP) is 4.24. The van der Waals surface area contributed by atoms with Gasteiger partial charge >= 0.3 is 0 Å². The molecule has 2 rings (SSSR count). The predicted molar refractivity (Wildman–Crippen MR) is 62.7 cm³/mol. The molecule has 1 aliphatic rings. The summed E-state index contributed by atoms with van der Waals surface area (Å²) in [6.07, 6.45) is 6.91. The largest absolute Gasteiger partial charge is 0.149 e. The lowest BCUT2D eigenvalue weighted by Gasteiger charge is -2.26. The molecule has 0 bridgehead atoms. The lowest BCUT2D eigenvalue weighted by molar-refractivity contribution is 0.375. The number of hydrogen-bond donors (Lipinski definition) is 0. The van der Waals surface area contributed by atoms with Crippen LogP contribution in [-0.2, 0) is 6.42 Å². The molecule has 72 valence electrons. The molecule has 1 aromatic heterocycles. The zero-order valence-electron chi connectivity index (χ0n) is 7.71. The second kappa shape index (κ2) is 4.61. The monoisotopic (exact) mass is 258 g/mol. The van der Waals surface area contributed by atoms with Gasteiger partial charge in [-0.1, -0.05) is 34.8 Å². The van der Waals surface area contributed by atoms with Crippen LogP contribution < -0.4 is 0 Å². The van der Waals surface area contributed by atoms with Crippen LogP contribution in [0.4, 0.5) is 0 Å². The van der Waals surface area contributed by atoms with Crippen molar-refractivity contribution in [2.24, 2.45) is 5.92 Å². The van der Waals surface area contributed by atoms with Crippen LogP contribution in [0.15, 0.2) is 17.5 Å². The Hall–Kier alpha value is 0.180. The molecule has 0 spiro atoms. The minimum absolute atomic E-state index is 0.767. The Balaban J connectivity index is 1.93. The van der Waals surface area contributed by atoms with E-state index in [1.54, 1.807) is 4.88 Å². The maximum absolute atomic E-state index is 3.81. The highest BCUT2D eigenvalue weighted by molar-refractivity contribution is 9.09. The van der Waals surface area contributed by atoms with E-state index in [2.05, 4.69) is 33.4 Å². The normalized spacial score (nSPS) is 29.0. The first-order chi connectivity index (χ1) is 6.36. The molecule has 0 N–H and O–H groups in total. The molecular weight excluding hydrogens is 244 g/mol. The Bertz CT molecular complexity index is 243. The second-order valence-corrected chi connectivity index (χ2v) is 6.05. The standard InChI is InChI=1S/C11H15BrS/c12-11-6-2-1-4-9(11)8-10-5-3-7-13-10/h3,5,7,9,11H,1-2,4,6,8H2. The van der Waals surface area contributed by atoms with Crippen LogP contribution in [0, 0.1) is 5.92 Å². The third-order valence-electron chi connectivity index (χ3n) is 2.86. The fourth-order valence-electron chi connectivity index (χ4n) is 2.08. The quantitative estimate of drug-likeness (QED) is 0.697. The van der Waals surface area contributed by atoms with Gasteiger partial charge in [-0.15, -0.1) is 11.3 Å². The summed E-state index contributed by atoms with van der Waals surface area (Å²) in [7, 11) is 0. The van der Waals surface area contributed by atoms with Gasteiger partial charge in [-0.25, -0.2) is 0 Å². The Morgan fingerprint density at radius 3 is 2.92 bits per heavy atom. The van der Waals surface area contributed by atoms with E-state index in [0.29, 0.717) is 0 Å². The Kier molecular flexibility index (Phi) is 3.45. The molecule has 0 aromatic carbocycles. The number of alkyl halides is 1. The summed E-state index contributed by atoms with van der Waals surface area (Å²) in [6.45, 7) is 0. The van der Waals surface area contributed by atoms with E-state index in [1.807, 2.05) is 11.3 Å². The van der Waals surface area contributed by atoms with Crippen molar-refractivity contribution in [3.63, 3.8) is 0 Å². The average molecular weight is 259 g/mol. The zero-order valence-corrected chi connectivity index (χ0v) is 10.1. The van der Waals surface area contributed by atoms with Crippen LogP contribution in [-0.4, -0.2) is 4.83 Å². The van der Waals surface area contributed by atoms with Crippen LogP contribution in [0.25, 0.3) is 0 Å². The summed E-state index contributed by atoms with van der Waals surface area (Å²) in [5.41, 5.74) is 0. The lowest BCUT2D eigenvalue weighted by atomic mass is 9.86. The molecule has 2 heteroatoms. The number of rotatable bonds is 2. The van der Waals surface area contributed by atoms with Gasteiger partial charge in [0.1, 0.15) is 0 Å². The van der Waals surface area contributed by atoms with E-state index in [1.165, 1.54) is 32.1 Å². The van der Waals surface area contributed by atoms with Crippen molar-refractivity contribution in [1.82, 2.24) is 0 Å². The van der Waals surface area contributed by atoms with Gasteiger partial charge in [-0.2, -0.15) is 0 Å². The lowest BCUT2D eigenvalue weighted by Crippen LogP contribution is -2.20. The van der Waals surface area contributed by atoms with Crippen molar-refractivity contribution in [2.45, 2.75) is 36.9 Å². The summed E-state index contributed by atoms with van der Waals surface area (Å²) in [6, 6.07) is 4.42. The summed E-state index contributed by atoms with van der Waals surface area (Å²) >= 11 is 5.70. The van der Waals surface area contributed by atoms with Gasteiger partial charge in [0.05, 0.1) is 0 Å². The Morgan fingerprint density at radius 1 is 1.38 bits per heavy atom. The van der Waals surface area contributed by atoms with Crippen LogP contribution >= 0.6 is 27.3 Å². The topological polar surface area (TPSA) is 0 Å². The molecule has 0 radical (unpaired) electrons. The van der Waals surface area contributed by atoms with Crippen molar-refractivity contribution >= 4 is 27.3 Å². The van der Waals surface area contributed by atoms with Crippen molar-refractivity contribution in [3.8, 4) is 0 Å². The van der Waals surface area contributed by atoms with Gasteiger partial charge < -0.3 is 0 Å². The van der Waals surface area contributed by atoms with Gasteiger partial charge in [0, 0.05) is 9.70 Å². The SMILES string of the molecule is BrC1CCCCC1Cc1cccs1. The van der Waals surface area contributed by atoms with Gasteiger partial charge in [0.25, 0.3) is 0 Å². The zero-order chi connectivity index (χ0) is 9.10. The maximum Gasteiger partial charge on any atom is 0.0177 e. The highest BCUT2D eigenvalue weighted by Gasteiger charge is 2.22. The third kappa shape index (κ3) is 2.57. The van der Waals surface area contributed by atoms with E-state index < -0.39 is 0 Å². The van der Waals surface area contributed by atoms with Gasteiger partial charge in [0.2, 0.25) is 0 Å². The summed E-state index contributed by atoms with van der Waals surface area (Å²) in [5.74, 6) is 0.882. The summed E-state index contributed by atoms with van der Waals surface area (Å²) in [5, 5.41) is 2.18. The average Bonchev–Trinajstić information content (AvgIpc) is 2.61. The highest BCUT2D eigenvalue weighted by Crippen LogP contribution is 2.33. The van der Waals surface area contributed by atoms with E-state index in [0.717, 1.165) is 10.7 Å². The van der Waals surface area contributed by atoms with Crippen molar-refractivity contribution < 1.29 is 0 Å². The van der Waals surface area contributed by atoms with Crippen molar-refractivity contribution in [2.75, 3.05) is 0 Å². The van der Waals surface area contributed by atoms with Gasteiger partial charge in [-0.3, -0.25) is 0 Å². The number of hydrogen-bond acceptors (Lipinski definition) is 1. The smallest absolute Gasteiger partial charge is 0.0177 e. The first-order valence-corrected chi connectivity index (χ1v) is 6.82. The number of halogens is 1.